The van der Waals surface area contributed by atoms with Crippen molar-refractivity contribution in [3.05, 3.63) is 29.3 Å². The summed E-state index contributed by atoms with van der Waals surface area (Å²) in [5.41, 5.74) is 0. The van der Waals surface area contributed by atoms with Crippen LogP contribution in [0.5, 0.6) is 5.75 Å². The fourth-order valence-electron chi connectivity index (χ4n) is 17.4. The van der Waals surface area contributed by atoms with E-state index in [1.165, 1.54) is 587 Å². The number of nitrogens with zero attached hydrogens (tertiary/aromatic N) is 2. The van der Waals surface area contributed by atoms with Gasteiger partial charge in [0.05, 0.1) is 58.1 Å². The molecule has 0 aromatic heterocycles. The summed E-state index contributed by atoms with van der Waals surface area (Å²) in [6.07, 6.45) is 117. The van der Waals surface area contributed by atoms with Crippen LogP contribution in [0.1, 0.15) is 569 Å². The molecular formula is C102H204BClN2O3. The van der Waals surface area contributed by atoms with Gasteiger partial charge in [0, 0.05) is 5.02 Å². The first-order valence-electron chi connectivity index (χ1n) is 51.1. The van der Waals surface area contributed by atoms with E-state index in [1.54, 1.807) is 12.1 Å². The molecule has 7 heteroatoms. The maximum atomic E-state index is 9.97. The molecule has 0 aliphatic heterocycles. The van der Waals surface area contributed by atoms with Crippen LogP contribution in [-0.4, -0.2) is 68.6 Å². The third-order valence-corrected chi connectivity index (χ3v) is 25.2. The highest BCUT2D eigenvalue weighted by atomic mass is 35.5. The smallest absolute Gasteiger partial charge is 0.133 e. The van der Waals surface area contributed by atoms with Gasteiger partial charge in [-0.1, -0.05) is 478 Å². The third kappa shape index (κ3) is 86.4. The summed E-state index contributed by atoms with van der Waals surface area (Å²) in [7, 11) is -2.28. The lowest BCUT2D eigenvalue weighted by atomic mass is 10.0. The summed E-state index contributed by atoms with van der Waals surface area (Å²) >= 11 is 5.54. The summed E-state index contributed by atoms with van der Waals surface area (Å²) in [6.45, 7) is 30.6. The van der Waals surface area contributed by atoms with Gasteiger partial charge in [-0.05, 0) is 127 Å². The molecule has 0 saturated carbocycles. The maximum Gasteiger partial charge on any atom is 0.133 e. The molecule has 1 rings (SSSR count). The number of unbranched alkanes of at least 4 members (excludes halogenated alkanes) is 72. The van der Waals surface area contributed by atoms with E-state index in [0.29, 0.717) is 5.02 Å². The Morgan fingerprint density at radius 2 is 0.303 bits per heavy atom. The number of benzene rings is 1. The van der Waals surface area contributed by atoms with Gasteiger partial charge in [0.15, 0.2) is 0 Å². The van der Waals surface area contributed by atoms with E-state index in [4.69, 9.17) is 11.6 Å². The molecule has 109 heavy (non-hydrogen) atoms. The first-order valence-corrected chi connectivity index (χ1v) is 51.5. The van der Waals surface area contributed by atoms with Crippen molar-refractivity contribution in [3.63, 3.8) is 0 Å². The van der Waals surface area contributed by atoms with Crippen LogP contribution in [0, 0.1) is 0 Å². The average Bonchev–Trinajstić information content (AvgIpc) is 0.878. The monoisotopic (exact) mass is 1550 g/mol. The largest absolute Gasteiger partial charge is 0.860 e. The minimum Gasteiger partial charge on any atom is -0.860 e. The summed E-state index contributed by atoms with van der Waals surface area (Å²) < 4.78 is 7.28. The Kier molecular flexibility index (Phi) is 95.5. The molecule has 0 unspecified atom stereocenters. The molecule has 0 amide bonds. The van der Waals surface area contributed by atoms with Gasteiger partial charge in [0.2, 0.25) is 0 Å². The van der Waals surface area contributed by atoms with Crippen molar-refractivity contribution in [2.24, 2.45) is 0 Å². The van der Waals surface area contributed by atoms with E-state index < -0.39 is 7.32 Å². The van der Waals surface area contributed by atoms with Crippen molar-refractivity contribution < 1.29 is 23.7 Å². The normalized spacial score (nSPS) is 11.7. The Morgan fingerprint density at radius 1 is 0.193 bits per heavy atom. The lowest BCUT2D eigenvalue weighted by Gasteiger charge is -2.40. The minimum atomic E-state index is -2.28. The fraction of sp³-hybridized carbons (Fsp3) is 0.941. The third-order valence-electron chi connectivity index (χ3n) is 24.9. The maximum absolute atomic E-state index is 9.97. The average molecular weight is 1550 g/mol. The van der Waals surface area contributed by atoms with Crippen molar-refractivity contribution in [2.45, 2.75) is 569 Å². The summed E-state index contributed by atoms with van der Waals surface area (Å²) in [5.74, 6) is 0.240. The van der Waals surface area contributed by atoms with Crippen molar-refractivity contribution in [2.75, 3.05) is 52.4 Å². The lowest BCUT2D eigenvalue weighted by Crippen LogP contribution is -2.50. The molecule has 0 saturated heterocycles. The lowest BCUT2D eigenvalue weighted by molar-refractivity contribution is -0.929. The predicted octanol–water partition coefficient (Wildman–Crippen LogP) is 34.4. The topological polar surface area (TPSA) is 55.3 Å². The zero-order valence-electron chi connectivity index (χ0n) is 76.6. The SMILES string of the molecule is CCCCCCCCCCCC[N+](CCCCCCCCCCCC)(CCCCCCCCCCCC)CCCCCCCCCCCC.CCCCCCCCCCCC[N+](CCCCCCCCCCCC)(CCCCCCCCCCCC)CCCCCCCCCCCC.[O-]B([O-])Oc1ccc(Cl)cc1. The first kappa shape index (κ1) is 110. The number of hydrogen-bond acceptors (Lipinski definition) is 3. The van der Waals surface area contributed by atoms with Crippen molar-refractivity contribution >= 4 is 18.9 Å². The zero-order chi connectivity index (χ0) is 79.5. The molecule has 1 aromatic carbocycles. The minimum absolute atomic E-state index is 0.240. The molecule has 650 valence electrons. The van der Waals surface area contributed by atoms with Crippen LogP contribution in [0.2, 0.25) is 5.02 Å². The van der Waals surface area contributed by atoms with Crippen molar-refractivity contribution in [3.8, 4) is 5.75 Å². The highest BCUT2D eigenvalue weighted by molar-refractivity contribution is 6.31. The Balaban J connectivity index is 0. The van der Waals surface area contributed by atoms with Crippen LogP contribution in [0.15, 0.2) is 24.3 Å². The zero-order valence-corrected chi connectivity index (χ0v) is 77.4. The molecule has 0 heterocycles. The van der Waals surface area contributed by atoms with Crippen molar-refractivity contribution in [1.29, 1.82) is 0 Å². The van der Waals surface area contributed by atoms with Crippen LogP contribution in [0.4, 0.5) is 0 Å². The van der Waals surface area contributed by atoms with Gasteiger partial charge in [-0.25, -0.2) is 0 Å². The standard InChI is InChI=1S/2C48H100N.C6H4BClO3/c2*1-5-9-13-17-21-25-29-33-37-41-45-49(46-42-38-34-30-26-22-18-14-10-6-2,47-43-39-35-31-27-23-19-15-11-7-3)48-44-40-36-32-28-24-20-16-12-8-4;8-5-1-3-6(4-2-5)11-7(9)10/h2*5-48H2,1-4H3;1-4H/q2*+1;-2. The number of halogens is 1. The molecule has 0 spiro atoms. The van der Waals surface area contributed by atoms with Gasteiger partial charge in [-0.15, -0.1) is 0 Å². The Morgan fingerprint density at radius 3 is 0.413 bits per heavy atom. The summed E-state index contributed by atoms with van der Waals surface area (Å²) in [5, 5.41) is 20.5. The molecule has 0 aliphatic carbocycles. The van der Waals surface area contributed by atoms with Crippen LogP contribution in [-0.2, 0) is 0 Å². The second kappa shape index (κ2) is 94.4. The second-order valence-electron chi connectivity index (χ2n) is 35.8. The van der Waals surface area contributed by atoms with Crippen LogP contribution in [0.25, 0.3) is 0 Å². The van der Waals surface area contributed by atoms with Crippen molar-refractivity contribution in [1.82, 2.24) is 0 Å². The van der Waals surface area contributed by atoms with E-state index in [2.05, 4.69) is 60.0 Å². The second-order valence-corrected chi connectivity index (χ2v) is 36.2. The van der Waals surface area contributed by atoms with E-state index in [9.17, 15) is 10.0 Å². The first-order chi connectivity index (χ1) is 53.7. The number of quaternary nitrogens is 2. The quantitative estimate of drug-likeness (QED) is 0.0371. The van der Waals surface area contributed by atoms with Gasteiger partial charge >= 0.3 is 0 Å². The van der Waals surface area contributed by atoms with E-state index >= 15 is 0 Å². The van der Waals surface area contributed by atoms with Crippen LogP contribution < -0.4 is 14.7 Å². The molecule has 0 N–H and O–H groups in total. The highest BCUT2D eigenvalue weighted by Gasteiger charge is 2.27. The van der Waals surface area contributed by atoms with Gasteiger partial charge < -0.3 is 23.7 Å². The molecule has 0 fully saturated rings. The van der Waals surface area contributed by atoms with Crippen LogP contribution in [0.3, 0.4) is 0 Å². The molecule has 0 aliphatic rings. The fourth-order valence-corrected chi connectivity index (χ4v) is 17.6. The Bertz CT molecular complexity index is 1460. The Labute approximate surface area is 694 Å². The molecule has 1 aromatic rings. The van der Waals surface area contributed by atoms with Gasteiger partial charge in [0.25, 0.3) is 0 Å². The molecule has 0 bridgehead atoms. The molecule has 5 nitrogen and oxygen atoms in total. The Hall–Kier alpha value is -0.785. The summed E-state index contributed by atoms with van der Waals surface area (Å²) in [6, 6.07) is 6.01. The number of hydrogen-bond donors (Lipinski definition) is 0. The van der Waals surface area contributed by atoms with Gasteiger partial charge in [0.1, 0.15) is 7.32 Å². The van der Waals surface area contributed by atoms with Gasteiger partial charge in [-0.3, -0.25) is 0 Å². The van der Waals surface area contributed by atoms with E-state index in [0.717, 1.165) is 0 Å². The molecular weight excluding hydrogens is 1350 g/mol. The summed E-state index contributed by atoms with van der Waals surface area (Å²) in [4.78, 5) is 0. The predicted molar refractivity (Wildman–Crippen MR) is 492 cm³/mol. The number of rotatable bonds is 90. The molecule has 0 atom stereocenters. The van der Waals surface area contributed by atoms with E-state index in [-0.39, 0.29) is 5.75 Å². The van der Waals surface area contributed by atoms with Gasteiger partial charge in [-0.2, -0.15) is 0 Å². The van der Waals surface area contributed by atoms with Crippen LogP contribution >= 0.6 is 11.6 Å². The highest BCUT2D eigenvalue weighted by Crippen LogP contribution is 2.26. The molecule has 0 radical (unpaired) electrons. The van der Waals surface area contributed by atoms with E-state index in [1.807, 2.05) is 0 Å².